The summed E-state index contributed by atoms with van der Waals surface area (Å²) in [6, 6.07) is 1.27. The van der Waals surface area contributed by atoms with Crippen molar-refractivity contribution in [1.29, 1.82) is 0 Å². The van der Waals surface area contributed by atoms with Crippen LogP contribution in [-0.4, -0.2) is 23.8 Å². The van der Waals surface area contributed by atoms with Crippen LogP contribution < -0.4 is 10.6 Å². The largest absolute Gasteiger partial charge is 0.408 e. The second-order valence-corrected chi connectivity index (χ2v) is 4.87. The van der Waals surface area contributed by atoms with Crippen molar-refractivity contribution in [1.82, 2.24) is 10.5 Å². The van der Waals surface area contributed by atoms with Crippen molar-refractivity contribution >= 4 is 11.7 Å². The summed E-state index contributed by atoms with van der Waals surface area (Å²) in [6.07, 6.45) is -4.93. The summed E-state index contributed by atoms with van der Waals surface area (Å²) in [6.45, 7) is 0.763. The lowest BCUT2D eigenvalue weighted by Gasteiger charge is -2.22. The molecule has 1 atom stereocenters. The number of anilines is 1. The third kappa shape index (κ3) is 4.28. The van der Waals surface area contributed by atoms with Crippen molar-refractivity contribution < 1.29 is 31.3 Å². The van der Waals surface area contributed by atoms with Gasteiger partial charge in [-0.25, -0.2) is 8.78 Å². The third-order valence-electron chi connectivity index (χ3n) is 2.98. The second kappa shape index (κ2) is 6.95. The van der Waals surface area contributed by atoms with Gasteiger partial charge in [-0.3, -0.25) is 10.1 Å². The van der Waals surface area contributed by atoms with E-state index >= 15 is 0 Å². The van der Waals surface area contributed by atoms with Crippen LogP contribution in [0.2, 0.25) is 0 Å². The van der Waals surface area contributed by atoms with Crippen LogP contribution in [0.5, 0.6) is 0 Å². The quantitative estimate of drug-likeness (QED) is 0.814. The predicted molar refractivity (Wildman–Crippen MR) is 73.0 cm³/mol. The zero-order valence-electron chi connectivity index (χ0n) is 12.2. The molecule has 1 heterocycles. The van der Waals surface area contributed by atoms with E-state index in [1.165, 1.54) is 6.07 Å². The number of alkyl halides is 3. The molecule has 1 aromatic heterocycles. The van der Waals surface area contributed by atoms with Gasteiger partial charge in [-0.2, -0.15) is 13.2 Å². The van der Waals surface area contributed by atoms with Crippen molar-refractivity contribution in [2.24, 2.45) is 0 Å². The van der Waals surface area contributed by atoms with Crippen molar-refractivity contribution in [2.75, 3.05) is 11.9 Å². The van der Waals surface area contributed by atoms with E-state index in [2.05, 4.69) is 15.0 Å². The highest BCUT2D eigenvalue weighted by Gasteiger charge is 2.42. The number of aromatic nitrogens is 1. The fraction of sp³-hybridized carbons (Fsp3) is 0.286. The highest BCUT2D eigenvalue weighted by atomic mass is 19.4. The molecule has 0 saturated carbocycles. The van der Waals surface area contributed by atoms with Crippen molar-refractivity contribution in [3.8, 4) is 0 Å². The minimum atomic E-state index is -4.93. The first-order valence-corrected chi connectivity index (χ1v) is 6.65. The van der Waals surface area contributed by atoms with Gasteiger partial charge in [0, 0.05) is 11.6 Å². The Kier molecular flexibility index (Phi) is 5.17. The number of hydrogen-bond acceptors (Lipinski definition) is 4. The maximum atomic E-state index is 13.6. The molecule has 1 amide bonds. The van der Waals surface area contributed by atoms with E-state index in [-0.39, 0.29) is 5.82 Å². The summed E-state index contributed by atoms with van der Waals surface area (Å²) in [5.74, 6) is -3.46. The molecule has 2 rings (SSSR count). The number of nitrogens with zero attached hydrogens (tertiary/aromatic N) is 1. The number of halogens is 5. The number of rotatable bonds is 5. The number of carbonyl (C=O) groups excluding carboxylic acids is 1. The zero-order chi connectivity index (χ0) is 17.9. The Balaban J connectivity index is 2.10. The molecule has 0 fully saturated rings. The summed E-state index contributed by atoms with van der Waals surface area (Å²) in [5, 5.41) is 7.52. The lowest BCUT2D eigenvalue weighted by Crippen LogP contribution is -2.39. The molecule has 24 heavy (non-hydrogen) atoms. The molecule has 10 heteroatoms. The lowest BCUT2D eigenvalue weighted by atomic mass is 10.1. The molecule has 0 bridgehead atoms. The number of hydrogen-bond donors (Lipinski definition) is 2. The number of amides is 1. The zero-order valence-corrected chi connectivity index (χ0v) is 12.2. The molecule has 0 aliphatic rings. The van der Waals surface area contributed by atoms with Crippen LogP contribution in [-0.2, 0) is 4.79 Å². The van der Waals surface area contributed by atoms with Gasteiger partial charge in [0.15, 0.2) is 17.5 Å². The van der Waals surface area contributed by atoms with Gasteiger partial charge in [-0.15, -0.1) is 0 Å². The van der Waals surface area contributed by atoms with Gasteiger partial charge in [0.05, 0.1) is 6.54 Å². The Labute approximate surface area is 132 Å². The first-order valence-electron chi connectivity index (χ1n) is 6.65. The summed E-state index contributed by atoms with van der Waals surface area (Å²) in [4.78, 5) is 11.6. The smallest absolute Gasteiger partial charge is 0.360 e. The summed E-state index contributed by atoms with van der Waals surface area (Å²) < 4.78 is 70.7. The number of benzene rings is 1. The first kappa shape index (κ1) is 17.9. The molecule has 0 aliphatic heterocycles. The highest BCUT2D eigenvalue weighted by Crippen LogP contribution is 2.34. The molecule has 130 valence electrons. The van der Waals surface area contributed by atoms with E-state index in [1.807, 2.05) is 5.32 Å². The van der Waals surface area contributed by atoms with Crippen LogP contribution in [0.1, 0.15) is 17.4 Å². The molecule has 2 N–H and O–H groups in total. The third-order valence-corrected chi connectivity index (χ3v) is 2.98. The van der Waals surface area contributed by atoms with Crippen LogP contribution in [0.25, 0.3) is 0 Å². The van der Waals surface area contributed by atoms with Crippen LogP contribution in [0, 0.1) is 18.6 Å². The molecule has 0 spiro atoms. The lowest BCUT2D eigenvalue weighted by molar-refractivity contribution is -0.158. The monoisotopic (exact) mass is 349 g/mol. The second-order valence-electron chi connectivity index (χ2n) is 4.87. The van der Waals surface area contributed by atoms with Crippen molar-refractivity contribution in [2.45, 2.75) is 19.1 Å². The van der Waals surface area contributed by atoms with E-state index in [9.17, 15) is 26.7 Å². The maximum absolute atomic E-state index is 13.6. The average molecular weight is 349 g/mol. The van der Waals surface area contributed by atoms with Crippen LogP contribution in [0.3, 0.4) is 0 Å². The molecule has 5 nitrogen and oxygen atoms in total. The van der Waals surface area contributed by atoms with E-state index in [4.69, 9.17) is 0 Å². The fourth-order valence-electron chi connectivity index (χ4n) is 1.95. The normalized spacial score (nSPS) is 12.9. The topological polar surface area (TPSA) is 67.2 Å². The van der Waals surface area contributed by atoms with Gasteiger partial charge in [0.2, 0.25) is 5.91 Å². The van der Waals surface area contributed by atoms with Gasteiger partial charge >= 0.3 is 6.18 Å². The van der Waals surface area contributed by atoms with Crippen LogP contribution in [0.15, 0.2) is 28.8 Å². The van der Waals surface area contributed by atoms with Crippen molar-refractivity contribution in [3.63, 3.8) is 0 Å². The Morgan fingerprint density at radius 1 is 1.33 bits per heavy atom. The Morgan fingerprint density at radius 3 is 2.62 bits per heavy atom. The predicted octanol–water partition coefficient (Wildman–Crippen LogP) is 3.09. The Bertz CT molecular complexity index is 729. The standard InChI is InChI=1S/C14H12F5N3O2/c1-7-5-10(22-24-7)21-11(23)6-20-13(14(17,18)19)8-3-2-4-9(15)12(8)16/h2-5,13,20H,6H2,1H3,(H,21,22,23)/t13-/m0/s1. The Hall–Kier alpha value is -2.49. The van der Waals surface area contributed by atoms with E-state index in [1.54, 1.807) is 6.92 Å². The molecule has 1 aromatic carbocycles. The molecular weight excluding hydrogens is 337 g/mol. The van der Waals surface area contributed by atoms with Gasteiger partial charge < -0.3 is 9.84 Å². The average Bonchev–Trinajstić information content (AvgIpc) is 2.87. The van der Waals surface area contributed by atoms with Gasteiger partial charge in [-0.05, 0) is 13.0 Å². The number of aryl methyl sites for hydroxylation is 1. The summed E-state index contributed by atoms with van der Waals surface area (Å²) in [7, 11) is 0. The molecule has 0 saturated heterocycles. The highest BCUT2D eigenvalue weighted by molar-refractivity contribution is 5.91. The van der Waals surface area contributed by atoms with Gasteiger partial charge in [0.1, 0.15) is 11.8 Å². The van der Waals surface area contributed by atoms with Gasteiger partial charge in [-0.1, -0.05) is 17.3 Å². The minimum absolute atomic E-state index is 0.0276. The van der Waals surface area contributed by atoms with E-state index < -0.39 is 41.9 Å². The Morgan fingerprint density at radius 2 is 2.04 bits per heavy atom. The molecular formula is C14H12F5N3O2. The maximum Gasteiger partial charge on any atom is 0.408 e. The summed E-state index contributed by atoms with van der Waals surface area (Å²) >= 11 is 0. The van der Waals surface area contributed by atoms with Crippen LogP contribution in [0.4, 0.5) is 27.8 Å². The minimum Gasteiger partial charge on any atom is -0.360 e. The summed E-state index contributed by atoms with van der Waals surface area (Å²) in [5.41, 5.74) is -0.937. The molecule has 0 unspecified atom stereocenters. The fourth-order valence-corrected chi connectivity index (χ4v) is 1.95. The molecule has 0 aliphatic carbocycles. The molecule has 2 aromatic rings. The SMILES string of the molecule is Cc1cc(NC(=O)CN[C@@H](c2cccc(F)c2F)C(F)(F)F)no1. The number of nitrogens with one attached hydrogen (secondary N) is 2. The van der Waals surface area contributed by atoms with Crippen LogP contribution >= 0.6 is 0 Å². The molecule has 0 radical (unpaired) electrons. The number of carbonyl (C=O) groups is 1. The van der Waals surface area contributed by atoms with E-state index in [0.717, 1.165) is 12.1 Å². The van der Waals surface area contributed by atoms with Crippen molar-refractivity contribution in [3.05, 3.63) is 47.2 Å². The first-order chi connectivity index (χ1) is 11.2. The van der Waals surface area contributed by atoms with Gasteiger partial charge in [0.25, 0.3) is 0 Å². The van der Waals surface area contributed by atoms with E-state index in [0.29, 0.717) is 11.8 Å².